The molecule has 2 aromatic carbocycles. The van der Waals surface area contributed by atoms with Gasteiger partial charge < -0.3 is 14.9 Å². The fraction of sp³-hybridized carbons (Fsp3) is 0.0909. The summed E-state index contributed by atoms with van der Waals surface area (Å²) in [5, 5.41) is 0.772. The lowest BCUT2D eigenvalue weighted by molar-refractivity contribution is -0.137. The molecule has 2 heterocycles. The van der Waals surface area contributed by atoms with E-state index in [-0.39, 0.29) is 5.57 Å². The van der Waals surface area contributed by atoms with Gasteiger partial charge in [0, 0.05) is 41.7 Å². The van der Waals surface area contributed by atoms with Gasteiger partial charge in [-0.2, -0.15) is 13.2 Å². The molecule has 1 amide bonds. The van der Waals surface area contributed by atoms with Crippen molar-refractivity contribution in [3.05, 3.63) is 78.9 Å². The summed E-state index contributed by atoms with van der Waals surface area (Å²) in [4.78, 5) is 15.9. The molecule has 2 N–H and O–H groups in total. The van der Waals surface area contributed by atoms with E-state index in [1.807, 2.05) is 19.4 Å². The molecule has 0 aliphatic heterocycles. The van der Waals surface area contributed by atoms with Gasteiger partial charge >= 0.3 is 6.18 Å². The van der Waals surface area contributed by atoms with Crippen LogP contribution >= 0.6 is 0 Å². The predicted molar refractivity (Wildman–Crippen MR) is 109 cm³/mol. The van der Waals surface area contributed by atoms with Gasteiger partial charge in [-0.25, -0.2) is 4.98 Å². The molecular formula is C22H17F3N4O. The number of fused-ring (bicyclic) bond motifs is 1. The Balaban J connectivity index is 1.92. The van der Waals surface area contributed by atoms with Gasteiger partial charge in [-0.05, 0) is 42.0 Å². The molecule has 2 aromatic heterocycles. The van der Waals surface area contributed by atoms with Gasteiger partial charge in [0.05, 0.1) is 23.1 Å². The van der Waals surface area contributed by atoms with Gasteiger partial charge in [0.25, 0.3) is 0 Å². The number of amides is 1. The Kier molecular flexibility index (Phi) is 4.49. The van der Waals surface area contributed by atoms with Crippen LogP contribution in [-0.4, -0.2) is 20.0 Å². The van der Waals surface area contributed by atoms with Crippen LogP contribution in [0.1, 0.15) is 11.1 Å². The lowest BCUT2D eigenvalue weighted by Crippen LogP contribution is -2.11. The van der Waals surface area contributed by atoms with Crippen molar-refractivity contribution in [1.29, 1.82) is 0 Å². The van der Waals surface area contributed by atoms with E-state index in [9.17, 15) is 18.0 Å². The minimum atomic E-state index is -4.40. The molecule has 5 nitrogen and oxygen atoms in total. The van der Waals surface area contributed by atoms with Crippen molar-refractivity contribution in [2.45, 2.75) is 6.18 Å². The highest BCUT2D eigenvalue weighted by atomic mass is 19.4. The van der Waals surface area contributed by atoms with Gasteiger partial charge in [0.1, 0.15) is 0 Å². The van der Waals surface area contributed by atoms with Crippen LogP contribution < -0.4 is 5.73 Å². The maximum absolute atomic E-state index is 12.9. The smallest absolute Gasteiger partial charge is 0.366 e. The van der Waals surface area contributed by atoms with Crippen LogP contribution in [-0.2, 0) is 18.0 Å². The predicted octanol–water partition coefficient (Wildman–Crippen LogP) is 4.55. The second-order valence-electron chi connectivity index (χ2n) is 6.96. The van der Waals surface area contributed by atoms with E-state index < -0.39 is 17.6 Å². The van der Waals surface area contributed by atoms with Crippen LogP contribution in [0.3, 0.4) is 0 Å². The zero-order chi connectivity index (χ0) is 21.6. The number of carbonyl (C=O) groups excluding carboxylic acids is 1. The standard InChI is InChI=1S/C22H17F3N4O/c1-13(21(26)30)14-3-8-20-17(9-14)18(19-11-28(2)12-27-19)10-29(20)16-6-4-15(5-7-16)22(23,24)25/h3-12H,1H2,2H3,(H2,26,30). The summed E-state index contributed by atoms with van der Waals surface area (Å²) in [6.45, 7) is 3.73. The molecule has 8 heteroatoms. The maximum Gasteiger partial charge on any atom is 0.416 e. The van der Waals surface area contributed by atoms with E-state index in [0.29, 0.717) is 16.9 Å². The van der Waals surface area contributed by atoms with Crippen molar-refractivity contribution in [3.63, 3.8) is 0 Å². The van der Waals surface area contributed by atoms with Crippen molar-refractivity contribution in [3.8, 4) is 16.9 Å². The fourth-order valence-electron chi connectivity index (χ4n) is 3.34. The molecule has 4 rings (SSSR count). The third-order valence-electron chi connectivity index (χ3n) is 4.90. The molecule has 0 bridgehead atoms. The second-order valence-corrected chi connectivity index (χ2v) is 6.96. The molecule has 152 valence electrons. The molecule has 30 heavy (non-hydrogen) atoms. The van der Waals surface area contributed by atoms with Gasteiger partial charge in [0.2, 0.25) is 5.91 Å². The Hall–Kier alpha value is -3.81. The lowest BCUT2D eigenvalue weighted by Gasteiger charge is -2.10. The van der Waals surface area contributed by atoms with E-state index in [0.717, 1.165) is 28.6 Å². The summed E-state index contributed by atoms with van der Waals surface area (Å²) in [7, 11) is 1.84. The Morgan fingerprint density at radius 3 is 2.37 bits per heavy atom. The Labute approximate surface area is 169 Å². The van der Waals surface area contributed by atoms with E-state index >= 15 is 0 Å². The molecule has 0 fully saturated rings. The van der Waals surface area contributed by atoms with E-state index in [2.05, 4.69) is 11.6 Å². The van der Waals surface area contributed by atoms with Gasteiger partial charge in [-0.3, -0.25) is 4.79 Å². The first kappa shape index (κ1) is 19.5. The SMILES string of the molecule is C=C(C(N)=O)c1ccc2c(c1)c(-c1cn(C)cn1)cn2-c1ccc(C(F)(F)F)cc1. The van der Waals surface area contributed by atoms with Gasteiger partial charge in [-0.1, -0.05) is 12.6 Å². The van der Waals surface area contributed by atoms with E-state index in [4.69, 9.17) is 5.73 Å². The van der Waals surface area contributed by atoms with Crippen molar-refractivity contribution < 1.29 is 18.0 Å². The zero-order valence-corrected chi connectivity index (χ0v) is 15.9. The number of hydrogen-bond acceptors (Lipinski definition) is 2. The number of alkyl halides is 3. The number of hydrogen-bond donors (Lipinski definition) is 1. The number of aryl methyl sites for hydroxylation is 1. The van der Waals surface area contributed by atoms with Crippen molar-refractivity contribution in [2.75, 3.05) is 0 Å². The zero-order valence-electron chi connectivity index (χ0n) is 15.9. The summed E-state index contributed by atoms with van der Waals surface area (Å²) < 4.78 is 42.4. The molecule has 0 saturated heterocycles. The molecule has 0 spiro atoms. The van der Waals surface area contributed by atoms with Crippen molar-refractivity contribution in [2.24, 2.45) is 12.8 Å². The minimum Gasteiger partial charge on any atom is -0.366 e. The van der Waals surface area contributed by atoms with E-state index in [1.165, 1.54) is 12.1 Å². The van der Waals surface area contributed by atoms with Crippen LogP contribution in [0.25, 0.3) is 33.4 Å². The summed E-state index contributed by atoms with van der Waals surface area (Å²) in [6.07, 6.45) is 0.900. The highest BCUT2D eigenvalue weighted by Crippen LogP contribution is 2.35. The first-order valence-corrected chi connectivity index (χ1v) is 8.95. The molecule has 0 aliphatic rings. The monoisotopic (exact) mass is 410 g/mol. The van der Waals surface area contributed by atoms with Gasteiger partial charge in [-0.15, -0.1) is 0 Å². The third kappa shape index (κ3) is 3.36. The van der Waals surface area contributed by atoms with Crippen LogP contribution in [0.5, 0.6) is 0 Å². The van der Waals surface area contributed by atoms with Crippen LogP contribution in [0.2, 0.25) is 0 Å². The lowest BCUT2D eigenvalue weighted by atomic mass is 10.0. The third-order valence-corrected chi connectivity index (χ3v) is 4.90. The summed E-state index contributed by atoms with van der Waals surface area (Å²) in [5.41, 5.74) is 8.15. The molecule has 0 saturated carbocycles. The average Bonchev–Trinajstić information content (AvgIpc) is 3.29. The molecule has 0 radical (unpaired) electrons. The normalized spacial score (nSPS) is 11.7. The number of halogens is 3. The number of nitrogens with zero attached hydrogens (tertiary/aromatic N) is 3. The molecular weight excluding hydrogens is 393 g/mol. The van der Waals surface area contributed by atoms with Crippen molar-refractivity contribution in [1.82, 2.24) is 14.1 Å². The van der Waals surface area contributed by atoms with Crippen LogP contribution in [0.15, 0.2) is 67.8 Å². The van der Waals surface area contributed by atoms with Crippen LogP contribution in [0, 0.1) is 0 Å². The average molecular weight is 410 g/mol. The molecule has 0 aliphatic carbocycles. The summed E-state index contributed by atoms with van der Waals surface area (Å²) in [6, 6.07) is 10.2. The number of carbonyl (C=O) groups is 1. The van der Waals surface area contributed by atoms with Crippen molar-refractivity contribution >= 4 is 22.4 Å². The number of nitrogens with two attached hydrogens (primary N) is 1. The minimum absolute atomic E-state index is 0.172. The Morgan fingerprint density at radius 1 is 1.10 bits per heavy atom. The fourth-order valence-corrected chi connectivity index (χ4v) is 3.34. The highest BCUT2D eigenvalue weighted by molar-refractivity contribution is 6.18. The number of imidazole rings is 1. The first-order chi connectivity index (χ1) is 14.1. The summed E-state index contributed by atoms with van der Waals surface area (Å²) in [5.74, 6) is -0.629. The molecule has 0 unspecified atom stereocenters. The highest BCUT2D eigenvalue weighted by Gasteiger charge is 2.30. The van der Waals surface area contributed by atoms with E-state index in [1.54, 1.807) is 33.7 Å². The quantitative estimate of drug-likeness (QED) is 0.502. The maximum atomic E-state index is 12.9. The van der Waals surface area contributed by atoms with Gasteiger partial charge in [0.15, 0.2) is 0 Å². The van der Waals surface area contributed by atoms with Crippen LogP contribution in [0.4, 0.5) is 13.2 Å². The Morgan fingerprint density at radius 2 is 1.80 bits per heavy atom. The summed E-state index contributed by atoms with van der Waals surface area (Å²) >= 11 is 0. The second kappa shape index (κ2) is 6.91. The number of primary amides is 1. The largest absolute Gasteiger partial charge is 0.416 e. The first-order valence-electron chi connectivity index (χ1n) is 8.95. The topological polar surface area (TPSA) is 65.8 Å². The Bertz CT molecular complexity index is 1280. The number of rotatable bonds is 4. The number of benzene rings is 2. The molecule has 4 aromatic rings. The number of aromatic nitrogens is 3. The molecule has 0 atom stereocenters.